The number of hydrogen-bond acceptors (Lipinski definition) is 3. The highest BCUT2D eigenvalue weighted by Crippen LogP contribution is 2.26. The van der Waals surface area contributed by atoms with Crippen molar-refractivity contribution in [2.75, 3.05) is 5.75 Å². The van der Waals surface area contributed by atoms with Crippen LogP contribution in [0.1, 0.15) is 49.9 Å². The maximum absolute atomic E-state index is 12.6. The van der Waals surface area contributed by atoms with Gasteiger partial charge in [-0.2, -0.15) is 0 Å². The Hall–Kier alpha value is -0.880. The molecule has 0 saturated carbocycles. The van der Waals surface area contributed by atoms with Crippen molar-refractivity contribution < 1.29 is 18.3 Å². The van der Waals surface area contributed by atoms with Crippen LogP contribution < -0.4 is 0 Å². The van der Waals surface area contributed by atoms with Gasteiger partial charge in [0.15, 0.2) is 9.84 Å². The number of aromatic carboxylic acids is 1. The molecule has 4 nitrogen and oxygen atoms in total. The number of unbranched alkanes of at least 4 members (excludes halogenated alkanes) is 1. The first-order valence-corrected chi connectivity index (χ1v) is 9.52. The van der Waals surface area contributed by atoms with E-state index in [0.29, 0.717) is 4.47 Å². The van der Waals surface area contributed by atoms with E-state index in [1.807, 2.05) is 6.92 Å². The van der Waals surface area contributed by atoms with Crippen molar-refractivity contribution in [3.63, 3.8) is 0 Å². The third kappa shape index (κ3) is 5.11. The number of sulfone groups is 1. The highest BCUT2D eigenvalue weighted by molar-refractivity contribution is 9.10. The number of carbonyl (C=O) groups is 1. The number of halogens is 1. The quantitative estimate of drug-likeness (QED) is 0.739. The summed E-state index contributed by atoms with van der Waals surface area (Å²) in [4.78, 5) is 11.1. The molecule has 1 rings (SSSR count). The molecule has 0 aliphatic carbocycles. The van der Waals surface area contributed by atoms with Gasteiger partial charge in [-0.15, -0.1) is 0 Å². The van der Waals surface area contributed by atoms with Gasteiger partial charge in [0.2, 0.25) is 0 Å². The lowest BCUT2D eigenvalue weighted by molar-refractivity contribution is 0.0692. The molecule has 0 heterocycles. The van der Waals surface area contributed by atoms with Crippen LogP contribution in [0.25, 0.3) is 0 Å². The average Bonchev–Trinajstić information content (AvgIpc) is 2.42. The van der Waals surface area contributed by atoms with Crippen LogP contribution >= 0.6 is 15.9 Å². The van der Waals surface area contributed by atoms with Gasteiger partial charge in [0.1, 0.15) is 0 Å². The lowest BCUT2D eigenvalue weighted by Gasteiger charge is -2.16. The summed E-state index contributed by atoms with van der Waals surface area (Å²) in [5, 5.41) is 9.17. The maximum Gasteiger partial charge on any atom is 0.337 e. The van der Waals surface area contributed by atoms with Gasteiger partial charge in [-0.25, -0.2) is 13.2 Å². The highest BCUT2D eigenvalue weighted by Gasteiger charge is 2.25. The maximum atomic E-state index is 12.6. The molecule has 0 saturated heterocycles. The van der Waals surface area contributed by atoms with E-state index in [2.05, 4.69) is 22.9 Å². The van der Waals surface area contributed by atoms with Crippen molar-refractivity contribution >= 4 is 31.7 Å². The Morgan fingerprint density at radius 3 is 2.52 bits per heavy atom. The molecule has 0 aromatic heterocycles. The molecule has 1 unspecified atom stereocenters. The zero-order valence-electron chi connectivity index (χ0n) is 12.3. The summed E-state index contributed by atoms with van der Waals surface area (Å²) in [6, 6.07) is 4.24. The zero-order chi connectivity index (χ0) is 16.0. The number of carboxylic acids is 1. The van der Waals surface area contributed by atoms with Gasteiger partial charge < -0.3 is 5.11 Å². The lowest BCUT2D eigenvalue weighted by Crippen LogP contribution is -2.18. The number of hydrogen-bond donors (Lipinski definition) is 1. The van der Waals surface area contributed by atoms with E-state index in [1.54, 1.807) is 0 Å². The minimum atomic E-state index is -3.61. The molecule has 0 aliphatic heterocycles. The van der Waals surface area contributed by atoms with Gasteiger partial charge in [0, 0.05) is 4.47 Å². The topological polar surface area (TPSA) is 71.4 Å². The summed E-state index contributed by atoms with van der Waals surface area (Å²) < 4.78 is 25.7. The van der Waals surface area contributed by atoms with Crippen LogP contribution in [0.15, 0.2) is 27.6 Å². The Labute approximate surface area is 134 Å². The van der Waals surface area contributed by atoms with E-state index in [-0.39, 0.29) is 22.1 Å². The van der Waals surface area contributed by atoms with Gasteiger partial charge in [-0.3, -0.25) is 0 Å². The Morgan fingerprint density at radius 1 is 1.33 bits per heavy atom. The molecule has 0 spiro atoms. The minimum absolute atomic E-state index is 0.000231. The van der Waals surface area contributed by atoms with Crippen molar-refractivity contribution in [2.24, 2.45) is 5.92 Å². The fourth-order valence-corrected chi connectivity index (χ4v) is 4.74. The van der Waals surface area contributed by atoms with E-state index in [4.69, 9.17) is 0 Å². The molecule has 6 heteroatoms. The second-order valence-electron chi connectivity index (χ2n) is 5.14. The van der Waals surface area contributed by atoms with Gasteiger partial charge in [-0.1, -0.05) is 49.0 Å². The Kier molecular flexibility index (Phi) is 6.87. The Balaban J connectivity index is 3.12. The van der Waals surface area contributed by atoms with E-state index < -0.39 is 15.8 Å². The van der Waals surface area contributed by atoms with Crippen LogP contribution in [0.5, 0.6) is 0 Å². The first kappa shape index (κ1) is 18.2. The number of rotatable bonds is 8. The standard InChI is InChI=1S/C15H21BrO4S/c1-3-5-6-11(4-2)10-21(19,20)14-9-12(16)7-8-13(14)15(17)18/h7-9,11H,3-6,10H2,1-2H3,(H,17,18). The summed E-state index contributed by atoms with van der Waals surface area (Å²) in [5.41, 5.74) is -0.163. The predicted molar refractivity (Wildman–Crippen MR) is 86.5 cm³/mol. The summed E-state index contributed by atoms with van der Waals surface area (Å²) in [6.45, 7) is 4.03. The monoisotopic (exact) mass is 376 g/mol. The molecule has 0 amide bonds. The van der Waals surface area contributed by atoms with Crippen LogP contribution in [0.2, 0.25) is 0 Å². The molecule has 0 bridgehead atoms. The minimum Gasteiger partial charge on any atom is -0.478 e. The van der Waals surface area contributed by atoms with Gasteiger partial charge >= 0.3 is 5.97 Å². The van der Waals surface area contributed by atoms with Crippen LogP contribution in [0.3, 0.4) is 0 Å². The fourth-order valence-electron chi connectivity index (χ4n) is 2.23. The molecule has 21 heavy (non-hydrogen) atoms. The summed E-state index contributed by atoms with van der Waals surface area (Å²) >= 11 is 3.21. The Morgan fingerprint density at radius 2 is 2.00 bits per heavy atom. The summed E-state index contributed by atoms with van der Waals surface area (Å²) in [6.07, 6.45) is 3.63. The third-order valence-electron chi connectivity index (χ3n) is 3.51. The summed E-state index contributed by atoms with van der Waals surface area (Å²) in [5.74, 6) is -1.15. The van der Waals surface area contributed by atoms with Crippen LogP contribution in [-0.4, -0.2) is 25.2 Å². The smallest absolute Gasteiger partial charge is 0.337 e. The van der Waals surface area contributed by atoms with Crippen molar-refractivity contribution in [3.05, 3.63) is 28.2 Å². The SMILES string of the molecule is CCCCC(CC)CS(=O)(=O)c1cc(Br)ccc1C(=O)O. The van der Waals surface area contributed by atoms with Crippen LogP contribution in [0, 0.1) is 5.92 Å². The van der Waals surface area contributed by atoms with Crippen molar-refractivity contribution in [2.45, 2.75) is 44.4 Å². The second-order valence-corrected chi connectivity index (χ2v) is 8.06. The molecule has 0 aliphatic rings. The first-order chi connectivity index (χ1) is 9.81. The van der Waals surface area contributed by atoms with Crippen molar-refractivity contribution in [1.82, 2.24) is 0 Å². The fraction of sp³-hybridized carbons (Fsp3) is 0.533. The molecule has 1 atom stereocenters. The molecular weight excluding hydrogens is 356 g/mol. The van der Waals surface area contributed by atoms with Gasteiger partial charge in [0.05, 0.1) is 16.2 Å². The summed E-state index contributed by atoms with van der Waals surface area (Å²) in [7, 11) is -3.61. The molecule has 1 aromatic rings. The lowest BCUT2D eigenvalue weighted by atomic mass is 10.0. The number of carboxylic acid groups (broad SMARTS) is 1. The van der Waals surface area contributed by atoms with Crippen LogP contribution in [-0.2, 0) is 9.84 Å². The molecule has 1 N–H and O–H groups in total. The zero-order valence-corrected chi connectivity index (χ0v) is 14.7. The molecule has 1 aromatic carbocycles. The normalized spacial score (nSPS) is 13.1. The van der Waals surface area contributed by atoms with E-state index in [0.717, 1.165) is 25.7 Å². The average molecular weight is 377 g/mol. The predicted octanol–water partition coefficient (Wildman–Crippen LogP) is 4.14. The first-order valence-electron chi connectivity index (χ1n) is 7.07. The Bertz CT molecular complexity index is 596. The highest BCUT2D eigenvalue weighted by atomic mass is 79.9. The molecular formula is C15H21BrO4S. The third-order valence-corrected chi connectivity index (χ3v) is 5.92. The van der Waals surface area contributed by atoms with E-state index in [9.17, 15) is 18.3 Å². The van der Waals surface area contributed by atoms with Gasteiger partial charge in [-0.05, 0) is 30.5 Å². The van der Waals surface area contributed by atoms with E-state index in [1.165, 1.54) is 18.2 Å². The number of benzene rings is 1. The van der Waals surface area contributed by atoms with E-state index >= 15 is 0 Å². The molecule has 0 fully saturated rings. The van der Waals surface area contributed by atoms with Crippen molar-refractivity contribution in [3.8, 4) is 0 Å². The van der Waals surface area contributed by atoms with Crippen molar-refractivity contribution in [1.29, 1.82) is 0 Å². The van der Waals surface area contributed by atoms with Gasteiger partial charge in [0.25, 0.3) is 0 Å². The second kappa shape index (κ2) is 7.94. The largest absolute Gasteiger partial charge is 0.478 e. The molecule has 0 radical (unpaired) electrons. The molecule has 118 valence electrons. The van der Waals surface area contributed by atoms with Crippen LogP contribution in [0.4, 0.5) is 0 Å².